The summed E-state index contributed by atoms with van der Waals surface area (Å²) in [6.45, 7) is 4.03. The first-order valence-electron chi connectivity index (χ1n) is 6.50. The van der Waals surface area contributed by atoms with E-state index in [4.69, 9.17) is 4.42 Å². The summed E-state index contributed by atoms with van der Waals surface area (Å²) >= 11 is 0. The first-order valence-corrected chi connectivity index (χ1v) is 6.50. The Morgan fingerprint density at radius 2 is 1.95 bits per heavy atom. The minimum Gasteiger partial charge on any atom is -0.459 e. The van der Waals surface area contributed by atoms with Crippen LogP contribution in [0.5, 0.6) is 0 Å². The monoisotopic (exact) mass is 287 g/mol. The summed E-state index contributed by atoms with van der Waals surface area (Å²) in [7, 11) is 0. The maximum absolute atomic E-state index is 11.6. The van der Waals surface area contributed by atoms with Gasteiger partial charge in [0.15, 0.2) is 5.76 Å². The molecule has 0 atom stereocenters. The number of carbonyl (C=O) groups is 2. The smallest absolute Gasteiger partial charge is 0.305 e. The van der Waals surface area contributed by atoms with Gasteiger partial charge in [0.1, 0.15) is 0 Å². The highest BCUT2D eigenvalue weighted by Crippen LogP contribution is 2.15. The van der Waals surface area contributed by atoms with Gasteiger partial charge in [-0.1, -0.05) is 17.7 Å². The number of hydrogen-bond donors (Lipinski definition) is 3. The molecule has 3 N–H and O–H groups in total. The molecule has 2 rings (SSSR count). The summed E-state index contributed by atoms with van der Waals surface area (Å²) in [5, 5.41) is 3.01. The fourth-order valence-electron chi connectivity index (χ4n) is 1.83. The number of rotatable bonds is 4. The molecule has 1 heterocycles. The van der Waals surface area contributed by atoms with Gasteiger partial charge >= 0.3 is 5.91 Å². The number of carbonyl (C=O) groups excluding carboxylic acids is 2. The van der Waals surface area contributed by atoms with Crippen LogP contribution in [0.25, 0.3) is 0 Å². The van der Waals surface area contributed by atoms with Gasteiger partial charge in [-0.25, -0.2) is 0 Å². The van der Waals surface area contributed by atoms with Gasteiger partial charge in [0.05, 0.1) is 12.8 Å². The highest BCUT2D eigenvalue weighted by molar-refractivity contribution is 5.93. The lowest BCUT2D eigenvalue weighted by molar-refractivity contribution is -0.120. The van der Waals surface area contributed by atoms with Gasteiger partial charge in [-0.3, -0.25) is 20.4 Å². The topological polar surface area (TPSA) is 83.4 Å². The van der Waals surface area contributed by atoms with Crippen molar-refractivity contribution < 1.29 is 14.0 Å². The van der Waals surface area contributed by atoms with Crippen molar-refractivity contribution in [1.82, 2.24) is 10.9 Å². The summed E-state index contributed by atoms with van der Waals surface area (Å²) in [5.41, 5.74) is 7.68. The zero-order valence-corrected chi connectivity index (χ0v) is 11.9. The van der Waals surface area contributed by atoms with Gasteiger partial charge in [-0.2, -0.15) is 0 Å². The molecule has 21 heavy (non-hydrogen) atoms. The molecule has 6 heteroatoms. The summed E-state index contributed by atoms with van der Waals surface area (Å²) in [6, 6.07) is 9.01. The second-order valence-corrected chi connectivity index (χ2v) is 4.65. The summed E-state index contributed by atoms with van der Waals surface area (Å²) in [5.74, 6) is -0.715. The van der Waals surface area contributed by atoms with Gasteiger partial charge in [-0.15, -0.1) is 0 Å². The van der Waals surface area contributed by atoms with Crippen molar-refractivity contribution in [2.75, 3.05) is 11.9 Å². The number of amides is 2. The Bertz CT molecular complexity index is 636. The third-order valence-corrected chi connectivity index (χ3v) is 2.88. The van der Waals surface area contributed by atoms with Gasteiger partial charge < -0.3 is 9.73 Å². The molecule has 1 aromatic carbocycles. The molecule has 0 radical (unpaired) electrons. The highest BCUT2D eigenvalue weighted by atomic mass is 16.3. The molecule has 0 spiro atoms. The van der Waals surface area contributed by atoms with E-state index < -0.39 is 5.91 Å². The average Bonchev–Trinajstić information content (AvgIpc) is 2.98. The minimum atomic E-state index is -0.500. The quantitative estimate of drug-likeness (QED) is 0.748. The van der Waals surface area contributed by atoms with Crippen LogP contribution in [0.2, 0.25) is 0 Å². The molecule has 0 aliphatic rings. The van der Waals surface area contributed by atoms with Gasteiger partial charge in [0.25, 0.3) is 5.91 Å². The predicted molar refractivity (Wildman–Crippen MR) is 78.7 cm³/mol. The number of aryl methyl sites for hydroxylation is 2. The summed E-state index contributed by atoms with van der Waals surface area (Å²) in [4.78, 5) is 23.2. The summed E-state index contributed by atoms with van der Waals surface area (Å²) in [6.07, 6.45) is 1.39. The van der Waals surface area contributed by atoms with Crippen molar-refractivity contribution >= 4 is 17.5 Å². The van der Waals surface area contributed by atoms with Crippen LogP contribution in [0.3, 0.4) is 0 Å². The third kappa shape index (κ3) is 4.10. The second-order valence-electron chi connectivity index (χ2n) is 4.65. The molecule has 0 fully saturated rings. The van der Waals surface area contributed by atoms with E-state index in [1.807, 2.05) is 32.0 Å². The number of nitrogens with one attached hydrogen (secondary N) is 3. The van der Waals surface area contributed by atoms with Crippen LogP contribution in [-0.2, 0) is 4.79 Å². The Labute approximate surface area is 122 Å². The van der Waals surface area contributed by atoms with Crippen molar-refractivity contribution in [2.45, 2.75) is 13.8 Å². The first-order chi connectivity index (χ1) is 10.1. The fourth-order valence-corrected chi connectivity index (χ4v) is 1.83. The molecule has 0 saturated carbocycles. The number of benzene rings is 1. The maximum Gasteiger partial charge on any atom is 0.305 e. The fraction of sp³-hybridized carbons (Fsp3) is 0.200. The van der Waals surface area contributed by atoms with Crippen LogP contribution in [0.4, 0.5) is 5.69 Å². The Hall–Kier alpha value is -2.76. The number of hydrazine groups is 1. The number of furan rings is 1. The predicted octanol–water partition coefficient (Wildman–Crippen LogP) is 1.77. The Morgan fingerprint density at radius 1 is 1.14 bits per heavy atom. The van der Waals surface area contributed by atoms with Crippen LogP contribution in [0, 0.1) is 13.8 Å². The third-order valence-electron chi connectivity index (χ3n) is 2.88. The van der Waals surface area contributed by atoms with Crippen molar-refractivity contribution in [3.05, 3.63) is 53.5 Å². The molecule has 0 unspecified atom stereocenters. The standard InChI is InChI=1S/C15H17N3O3/c1-10-5-6-12(11(2)8-10)16-9-14(19)17-18-15(20)13-4-3-7-21-13/h3-8,16H,9H2,1-2H3,(H,17,19)(H,18,20). The van der Waals surface area contributed by atoms with E-state index in [2.05, 4.69) is 16.2 Å². The Balaban J connectivity index is 1.78. The average molecular weight is 287 g/mol. The maximum atomic E-state index is 11.6. The molecule has 0 bridgehead atoms. The zero-order chi connectivity index (χ0) is 15.2. The molecule has 0 saturated heterocycles. The van der Waals surface area contributed by atoms with E-state index in [0.29, 0.717) is 0 Å². The van der Waals surface area contributed by atoms with Crippen LogP contribution >= 0.6 is 0 Å². The highest BCUT2D eigenvalue weighted by Gasteiger charge is 2.09. The molecule has 0 aliphatic heterocycles. The van der Waals surface area contributed by atoms with Crippen molar-refractivity contribution in [1.29, 1.82) is 0 Å². The van der Waals surface area contributed by atoms with Crippen molar-refractivity contribution in [2.24, 2.45) is 0 Å². The van der Waals surface area contributed by atoms with E-state index in [1.165, 1.54) is 12.3 Å². The second kappa shape index (κ2) is 6.60. The molecule has 1 aromatic heterocycles. The molecule has 0 aliphatic carbocycles. The van der Waals surface area contributed by atoms with E-state index in [9.17, 15) is 9.59 Å². The molecule has 2 amide bonds. The SMILES string of the molecule is Cc1ccc(NCC(=O)NNC(=O)c2ccco2)c(C)c1. The first kappa shape index (κ1) is 14.6. The lowest BCUT2D eigenvalue weighted by Gasteiger charge is -2.10. The lowest BCUT2D eigenvalue weighted by atomic mass is 10.1. The molecular weight excluding hydrogens is 270 g/mol. The van der Waals surface area contributed by atoms with Crippen LogP contribution in [0.1, 0.15) is 21.7 Å². The Morgan fingerprint density at radius 3 is 2.62 bits per heavy atom. The lowest BCUT2D eigenvalue weighted by Crippen LogP contribution is -2.44. The number of hydrogen-bond acceptors (Lipinski definition) is 4. The van der Waals surface area contributed by atoms with Crippen molar-refractivity contribution in [3.8, 4) is 0 Å². The molecular formula is C15H17N3O3. The van der Waals surface area contributed by atoms with Crippen LogP contribution in [-0.4, -0.2) is 18.4 Å². The molecule has 6 nitrogen and oxygen atoms in total. The normalized spacial score (nSPS) is 10.0. The van der Waals surface area contributed by atoms with E-state index >= 15 is 0 Å². The molecule has 110 valence electrons. The van der Waals surface area contributed by atoms with E-state index in [1.54, 1.807) is 6.07 Å². The largest absolute Gasteiger partial charge is 0.459 e. The van der Waals surface area contributed by atoms with Crippen LogP contribution < -0.4 is 16.2 Å². The zero-order valence-electron chi connectivity index (χ0n) is 11.9. The molecule has 2 aromatic rings. The van der Waals surface area contributed by atoms with Crippen LogP contribution in [0.15, 0.2) is 41.0 Å². The van der Waals surface area contributed by atoms with E-state index in [-0.39, 0.29) is 18.2 Å². The van der Waals surface area contributed by atoms with Gasteiger partial charge in [0, 0.05) is 5.69 Å². The van der Waals surface area contributed by atoms with Crippen molar-refractivity contribution in [3.63, 3.8) is 0 Å². The van der Waals surface area contributed by atoms with Gasteiger partial charge in [0.2, 0.25) is 0 Å². The van der Waals surface area contributed by atoms with E-state index in [0.717, 1.165) is 16.8 Å². The minimum absolute atomic E-state index is 0.0579. The Kier molecular flexibility index (Phi) is 4.61. The van der Waals surface area contributed by atoms with Gasteiger partial charge in [-0.05, 0) is 37.6 Å². The number of anilines is 1. The summed E-state index contributed by atoms with van der Waals surface area (Å²) < 4.78 is 4.90.